The van der Waals surface area contributed by atoms with Crippen LogP contribution in [0.1, 0.15) is 26.2 Å². The summed E-state index contributed by atoms with van der Waals surface area (Å²) in [6.45, 7) is 2.29. The van der Waals surface area contributed by atoms with E-state index in [1.165, 1.54) is 12.4 Å². The van der Waals surface area contributed by atoms with E-state index >= 15 is 0 Å². The number of hydrogen-bond donors (Lipinski definition) is 2. The van der Waals surface area contributed by atoms with Gasteiger partial charge >= 0.3 is 6.55 Å². The Hall–Kier alpha value is -2.11. The highest BCUT2D eigenvalue weighted by molar-refractivity contribution is 14.0. The van der Waals surface area contributed by atoms with Gasteiger partial charge in [0.05, 0.1) is 13.7 Å². The van der Waals surface area contributed by atoms with Crippen molar-refractivity contribution in [3.05, 3.63) is 36.4 Å². The van der Waals surface area contributed by atoms with E-state index in [1.807, 2.05) is 19.9 Å². The highest BCUT2D eigenvalue weighted by Gasteiger charge is 2.11. The number of nitrogens with zero attached hydrogens (tertiary/aromatic N) is 3. The molecule has 0 saturated heterocycles. The minimum absolute atomic E-state index is 0. The standard InChI is InChI=1S/C17H23F2N5O2.HI/c1-4-20-17(22-11-15-21-8-9-24(15)16(18)19)23-12-6-7-13(25-3)14(10-12)26-5-2;/h6-10,16H,4-5,11H2,1-3H3,(H2,20,22,23);1H. The van der Waals surface area contributed by atoms with Gasteiger partial charge in [0.2, 0.25) is 0 Å². The van der Waals surface area contributed by atoms with Crippen LogP contribution in [-0.4, -0.2) is 35.8 Å². The third-order valence-electron chi connectivity index (χ3n) is 3.41. The molecule has 1 aromatic carbocycles. The summed E-state index contributed by atoms with van der Waals surface area (Å²) in [4.78, 5) is 8.24. The second-order valence-electron chi connectivity index (χ2n) is 5.15. The van der Waals surface area contributed by atoms with Crippen molar-refractivity contribution in [3.8, 4) is 11.5 Å². The van der Waals surface area contributed by atoms with Crippen LogP contribution >= 0.6 is 24.0 Å². The number of anilines is 1. The van der Waals surface area contributed by atoms with E-state index in [1.54, 1.807) is 19.2 Å². The summed E-state index contributed by atoms with van der Waals surface area (Å²) in [5.41, 5.74) is 0.728. The zero-order chi connectivity index (χ0) is 18.9. The lowest BCUT2D eigenvalue weighted by Crippen LogP contribution is -2.30. The molecule has 0 fully saturated rings. The summed E-state index contributed by atoms with van der Waals surface area (Å²) in [6, 6.07) is 5.38. The Balaban J connectivity index is 0.00000364. The Bertz CT molecular complexity index is 740. The first-order valence-electron chi connectivity index (χ1n) is 8.25. The highest BCUT2D eigenvalue weighted by atomic mass is 127. The van der Waals surface area contributed by atoms with Gasteiger partial charge in [-0.3, -0.25) is 4.57 Å². The molecule has 2 aromatic rings. The third kappa shape index (κ3) is 6.52. The van der Waals surface area contributed by atoms with Crippen LogP contribution < -0.4 is 20.1 Å². The van der Waals surface area contributed by atoms with Gasteiger partial charge in [0.15, 0.2) is 17.5 Å². The number of guanidine groups is 1. The first-order chi connectivity index (χ1) is 12.6. The molecule has 0 atom stereocenters. The average Bonchev–Trinajstić information content (AvgIpc) is 3.09. The Morgan fingerprint density at radius 2 is 2.07 bits per heavy atom. The van der Waals surface area contributed by atoms with Crippen LogP contribution in [0.15, 0.2) is 35.6 Å². The smallest absolute Gasteiger partial charge is 0.319 e. The number of halogens is 3. The number of methoxy groups -OCH3 is 1. The molecular weight excluding hydrogens is 471 g/mol. The average molecular weight is 495 g/mol. The van der Waals surface area contributed by atoms with Crippen LogP contribution in [-0.2, 0) is 6.54 Å². The second-order valence-corrected chi connectivity index (χ2v) is 5.15. The van der Waals surface area contributed by atoms with Gasteiger partial charge in [0.25, 0.3) is 0 Å². The molecular formula is C17H24F2IN5O2. The maximum absolute atomic E-state index is 12.9. The Morgan fingerprint density at radius 3 is 2.70 bits per heavy atom. The fraction of sp³-hybridized carbons (Fsp3) is 0.412. The molecule has 150 valence electrons. The molecule has 1 aromatic heterocycles. The molecule has 0 aliphatic carbocycles. The molecule has 1 heterocycles. The SMILES string of the molecule is CCNC(=NCc1nccn1C(F)F)Nc1ccc(OC)c(OCC)c1.I. The quantitative estimate of drug-likeness (QED) is 0.331. The van der Waals surface area contributed by atoms with Crippen molar-refractivity contribution in [1.29, 1.82) is 0 Å². The molecule has 7 nitrogen and oxygen atoms in total. The number of rotatable bonds is 8. The summed E-state index contributed by atoms with van der Waals surface area (Å²) in [7, 11) is 1.57. The zero-order valence-corrected chi connectivity index (χ0v) is 17.7. The molecule has 0 aliphatic rings. The molecule has 2 N–H and O–H groups in total. The predicted octanol–water partition coefficient (Wildman–Crippen LogP) is 3.88. The van der Waals surface area contributed by atoms with Crippen molar-refractivity contribution >= 4 is 35.6 Å². The van der Waals surface area contributed by atoms with Crippen molar-refractivity contribution in [2.24, 2.45) is 4.99 Å². The fourth-order valence-corrected chi connectivity index (χ4v) is 2.26. The van der Waals surface area contributed by atoms with Crippen molar-refractivity contribution in [3.63, 3.8) is 0 Å². The molecule has 27 heavy (non-hydrogen) atoms. The minimum Gasteiger partial charge on any atom is -0.493 e. The monoisotopic (exact) mass is 495 g/mol. The van der Waals surface area contributed by atoms with Crippen LogP contribution in [0.4, 0.5) is 14.5 Å². The largest absolute Gasteiger partial charge is 0.493 e. The van der Waals surface area contributed by atoms with Crippen molar-refractivity contribution in [2.45, 2.75) is 26.9 Å². The van der Waals surface area contributed by atoms with Gasteiger partial charge in [-0.1, -0.05) is 0 Å². The highest BCUT2D eigenvalue weighted by Crippen LogP contribution is 2.30. The van der Waals surface area contributed by atoms with Gasteiger partial charge in [0, 0.05) is 30.7 Å². The van der Waals surface area contributed by atoms with Gasteiger partial charge in [0.1, 0.15) is 12.4 Å². The number of ether oxygens (including phenoxy) is 2. The lowest BCUT2D eigenvalue weighted by molar-refractivity contribution is 0.0671. The van der Waals surface area contributed by atoms with Crippen LogP contribution in [0.3, 0.4) is 0 Å². The first-order valence-corrected chi connectivity index (χ1v) is 8.25. The Labute approximate surface area is 174 Å². The molecule has 0 radical (unpaired) electrons. The molecule has 10 heteroatoms. The van der Waals surface area contributed by atoms with Gasteiger partial charge in [-0.05, 0) is 26.0 Å². The van der Waals surface area contributed by atoms with Crippen LogP contribution in [0.2, 0.25) is 0 Å². The summed E-state index contributed by atoms with van der Waals surface area (Å²) < 4.78 is 37.4. The molecule has 0 aliphatic heterocycles. The number of imidazole rings is 1. The van der Waals surface area contributed by atoms with Crippen LogP contribution in [0.5, 0.6) is 11.5 Å². The maximum Gasteiger partial charge on any atom is 0.319 e. The van der Waals surface area contributed by atoms with E-state index in [2.05, 4.69) is 20.6 Å². The topological polar surface area (TPSA) is 72.7 Å². The molecule has 0 unspecified atom stereocenters. The van der Waals surface area contributed by atoms with Gasteiger partial charge < -0.3 is 20.1 Å². The molecule has 0 saturated carbocycles. The molecule has 0 amide bonds. The van der Waals surface area contributed by atoms with Gasteiger partial charge in [-0.2, -0.15) is 8.78 Å². The number of alkyl halides is 2. The van der Waals surface area contributed by atoms with E-state index in [-0.39, 0.29) is 36.3 Å². The summed E-state index contributed by atoms with van der Waals surface area (Å²) in [5, 5.41) is 6.18. The number of benzene rings is 1. The van der Waals surface area contributed by atoms with E-state index in [0.717, 1.165) is 10.3 Å². The number of aliphatic imine (C=N–C) groups is 1. The summed E-state index contributed by atoms with van der Waals surface area (Å²) in [6.07, 6.45) is 2.56. The molecule has 0 spiro atoms. The van der Waals surface area contributed by atoms with Gasteiger partial charge in [-0.25, -0.2) is 9.98 Å². The maximum atomic E-state index is 12.9. The van der Waals surface area contributed by atoms with Crippen LogP contribution in [0, 0.1) is 0 Å². The van der Waals surface area contributed by atoms with E-state index < -0.39 is 6.55 Å². The number of hydrogen-bond acceptors (Lipinski definition) is 4. The Kier molecular flexibility index (Phi) is 9.83. The van der Waals surface area contributed by atoms with E-state index in [9.17, 15) is 8.78 Å². The Morgan fingerprint density at radius 1 is 1.30 bits per heavy atom. The molecule has 0 bridgehead atoms. The second kappa shape index (κ2) is 11.6. The summed E-state index contributed by atoms with van der Waals surface area (Å²) in [5.74, 6) is 1.85. The van der Waals surface area contributed by atoms with Crippen molar-refractivity contribution in [2.75, 3.05) is 25.6 Å². The fourth-order valence-electron chi connectivity index (χ4n) is 2.26. The van der Waals surface area contributed by atoms with E-state index in [4.69, 9.17) is 9.47 Å². The lowest BCUT2D eigenvalue weighted by Gasteiger charge is -2.14. The van der Waals surface area contributed by atoms with E-state index in [0.29, 0.717) is 30.6 Å². The molecule has 2 rings (SSSR count). The summed E-state index contributed by atoms with van der Waals surface area (Å²) >= 11 is 0. The number of aromatic nitrogens is 2. The van der Waals surface area contributed by atoms with Crippen LogP contribution in [0.25, 0.3) is 0 Å². The minimum atomic E-state index is -2.64. The number of nitrogens with one attached hydrogen (secondary N) is 2. The van der Waals surface area contributed by atoms with Gasteiger partial charge in [-0.15, -0.1) is 24.0 Å². The third-order valence-corrected chi connectivity index (χ3v) is 3.41. The lowest BCUT2D eigenvalue weighted by atomic mass is 10.2. The predicted molar refractivity (Wildman–Crippen MR) is 111 cm³/mol. The van der Waals surface area contributed by atoms with Crippen molar-refractivity contribution < 1.29 is 18.3 Å². The zero-order valence-electron chi connectivity index (χ0n) is 15.4. The first kappa shape index (κ1) is 22.9. The van der Waals surface area contributed by atoms with Crippen molar-refractivity contribution in [1.82, 2.24) is 14.9 Å². The normalized spacial score (nSPS) is 11.1.